The third kappa shape index (κ3) is 4.00. The number of nitrogens with zero attached hydrogens (tertiary/aromatic N) is 2. The van der Waals surface area contributed by atoms with Crippen LogP contribution in [0.2, 0.25) is 0 Å². The fourth-order valence-electron chi connectivity index (χ4n) is 3.05. The Balaban J connectivity index is 1.82. The highest BCUT2D eigenvalue weighted by atomic mass is 32.2. The highest BCUT2D eigenvalue weighted by Gasteiger charge is 2.33. The van der Waals surface area contributed by atoms with Crippen LogP contribution >= 0.6 is 0 Å². The molecule has 0 unspecified atom stereocenters. The predicted molar refractivity (Wildman–Crippen MR) is 98.7 cm³/mol. The Bertz CT molecular complexity index is 1060. The molecule has 1 saturated heterocycles. The molecule has 2 heterocycles. The minimum atomic E-state index is -3.20. The highest BCUT2D eigenvalue weighted by molar-refractivity contribution is 7.91. The summed E-state index contributed by atoms with van der Waals surface area (Å²) in [6.45, 7) is 2.25. The van der Waals surface area contributed by atoms with Gasteiger partial charge in [0.15, 0.2) is 15.5 Å². The molecule has 0 saturated carbocycles. The van der Waals surface area contributed by atoms with Gasteiger partial charge in [0.05, 0.1) is 22.8 Å². The predicted octanol–water partition coefficient (Wildman–Crippen LogP) is 0.00220. The highest BCUT2D eigenvalue weighted by Crippen LogP contribution is 2.18. The second-order valence-electron chi connectivity index (χ2n) is 6.47. The molecule has 2 aromatic rings. The van der Waals surface area contributed by atoms with Gasteiger partial charge >= 0.3 is 0 Å². The number of rotatable bonds is 4. The quantitative estimate of drug-likeness (QED) is 0.705. The number of fused-ring (bicyclic) bond motifs is 1. The first kappa shape index (κ1) is 19.0. The molecule has 0 bridgehead atoms. The molecule has 1 atom stereocenters. The van der Waals surface area contributed by atoms with E-state index in [1.807, 2.05) is 6.92 Å². The van der Waals surface area contributed by atoms with Crippen LogP contribution in [0.4, 0.5) is 0 Å². The molecule has 10 heteroatoms. The lowest BCUT2D eigenvalue weighted by Crippen LogP contribution is -2.45. The van der Waals surface area contributed by atoms with Gasteiger partial charge in [0.2, 0.25) is 5.91 Å². The summed E-state index contributed by atoms with van der Waals surface area (Å²) in [7, 11) is -3.20. The van der Waals surface area contributed by atoms with Gasteiger partial charge in [-0.15, -0.1) is 0 Å². The third-order valence-corrected chi connectivity index (χ3v) is 6.19. The largest absolute Gasteiger partial charge is 0.290 e. The van der Waals surface area contributed by atoms with Gasteiger partial charge in [-0.05, 0) is 18.9 Å². The standard InChI is InChI=1S/C17H20N4O5S/c1-2-8-21-17(24)13-6-4-3-5-12(13)14(20-21)16(23)19-18-15(22)11-7-9-27(25,26)10-11/h3-6,11H,2,7-10H2,1H3,(H,18,22)(H,19,23)/t11-/m1/s1. The Labute approximate surface area is 155 Å². The van der Waals surface area contributed by atoms with Crippen molar-refractivity contribution in [2.24, 2.45) is 5.92 Å². The fraction of sp³-hybridized carbons (Fsp3) is 0.412. The fourth-order valence-corrected chi connectivity index (χ4v) is 4.79. The monoisotopic (exact) mass is 392 g/mol. The molecule has 1 fully saturated rings. The van der Waals surface area contributed by atoms with Crippen molar-refractivity contribution in [3.63, 3.8) is 0 Å². The van der Waals surface area contributed by atoms with Crippen molar-refractivity contribution >= 4 is 32.4 Å². The van der Waals surface area contributed by atoms with Crippen molar-refractivity contribution in [2.75, 3.05) is 11.5 Å². The summed E-state index contributed by atoms with van der Waals surface area (Å²) in [6, 6.07) is 6.61. The van der Waals surface area contributed by atoms with Crippen molar-refractivity contribution < 1.29 is 18.0 Å². The van der Waals surface area contributed by atoms with Crippen LogP contribution in [-0.4, -0.2) is 41.5 Å². The van der Waals surface area contributed by atoms with E-state index in [9.17, 15) is 22.8 Å². The Morgan fingerprint density at radius 3 is 2.56 bits per heavy atom. The number of sulfone groups is 1. The molecule has 27 heavy (non-hydrogen) atoms. The van der Waals surface area contributed by atoms with E-state index < -0.39 is 27.6 Å². The number of hydrogen-bond donors (Lipinski definition) is 2. The zero-order valence-electron chi connectivity index (χ0n) is 14.8. The first-order chi connectivity index (χ1) is 12.8. The molecule has 0 aliphatic carbocycles. The molecular formula is C17H20N4O5S. The van der Waals surface area contributed by atoms with Gasteiger partial charge in [0.25, 0.3) is 11.5 Å². The molecule has 144 valence electrons. The summed E-state index contributed by atoms with van der Waals surface area (Å²) in [5.41, 5.74) is 4.26. The maximum Gasteiger partial charge on any atom is 0.290 e. The summed E-state index contributed by atoms with van der Waals surface area (Å²) in [5, 5.41) is 4.87. The number of aromatic nitrogens is 2. The molecule has 1 aromatic heterocycles. The van der Waals surface area contributed by atoms with E-state index in [-0.39, 0.29) is 29.2 Å². The van der Waals surface area contributed by atoms with Gasteiger partial charge in [0.1, 0.15) is 0 Å². The number of carbonyl (C=O) groups is 2. The minimum Gasteiger partial charge on any atom is -0.273 e. The molecule has 0 spiro atoms. The smallest absolute Gasteiger partial charge is 0.273 e. The van der Waals surface area contributed by atoms with E-state index in [1.54, 1.807) is 24.3 Å². The normalized spacial score (nSPS) is 18.3. The lowest BCUT2D eigenvalue weighted by molar-refractivity contribution is -0.125. The zero-order valence-corrected chi connectivity index (χ0v) is 15.6. The van der Waals surface area contributed by atoms with E-state index in [0.29, 0.717) is 23.7 Å². The lowest BCUT2D eigenvalue weighted by atomic mass is 10.1. The number of hydrazine groups is 1. The summed E-state index contributed by atoms with van der Waals surface area (Å²) >= 11 is 0. The zero-order chi connectivity index (χ0) is 19.6. The van der Waals surface area contributed by atoms with Crippen LogP contribution in [-0.2, 0) is 21.2 Å². The van der Waals surface area contributed by atoms with Gasteiger partial charge in [-0.2, -0.15) is 5.10 Å². The molecule has 2 N–H and O–H groups in total. The average Bonchev–Trinajstić information content (AvgIpc) is 3.02. The third-order valence-electron chi connectivity index (χ3n) is 4.42. The van der Waals surface area contributed by atoms with Crippen LogP contribution in [0.5, 0.6) is 0 Å². The maximum absolute atomic E-state index is 12.6. The SMILES string of the molecule is CCCn1nc(C(=O)NNC(=O)[C@@H]2CCS(=O)(=O)C2)c2ccccc2c1=O. The van der Waals surface area contributed by atoms with Crippen molar-refractivity contribution in [3.8, 4) is 0 Å². The van der Waals surface area contributed by atoms with Crippen LogP contribution in [0, 0.1) is 5.92 Å². The van der Waals surface area contributed by atoms with Gasteiger partial charge in [-0.25, -0.2) is 13.1 Å². The molecule has 1 aliphatic heterocycles. The van der Waals surface area contributed by atoms with Crippen LogP contribution < -0.4 is 16.4 Å². The van der Waals surface area contributed by atoms with Gasteiger partial charge < -0.3 is 0 Å². The summed E-state index contributed by atoms with van der Waals surface area (Å²) in [5.74, 6) is -2.18. The molecule has 1 aliphatic rings. The number of aryl methyl sites for hydroxylation is 1. The summed E-state index contributed by atoms with van der Waals surface area (Å²) in [6.07, 6.45) is 0.895. The van der Waals surface area contributed by atoms with Crippen molar-refractivity contribution in [1.82, 2.24) is 20.6 Å². The number of benzene rings is 1. The summed E-state index contributed by atoms with van der Waals surface area (Å²) < 4.78 is 24.2. The Hall–Kier alpha value is -2.75. The van der Waals surface area contributed by atoms with Crippen LogP contribution in [0.3, 0.4) is 0 Å². The second-order valence-corrected chi connectivity index (χ2v) is 8.69. The molecule has 9 nitrogen and oxygen atoms in total. The number of hydrogen-bond acceptors (Lipinski definition) is 6. The maximum atomic E-state index is 12.6. The summed E-state index contributed by atoms with van der Waals surface area (Å²) in [4.78, 5) is 37.1. The molecule has 0 radical (unpaired) electrons. The first-order valence-corrected chi connectivity index (χ1v) is 10.4. The van der Waals surface area contributed by atoms with E-state index in [1.165, 1.54) is 4.68 Å². The number of carbonyl (C=O) groups excluding carboxylic acids is 2. The molecule has 1 aromatic carbocycles. The minimum absolute atomic E-state index is 0.0120. The van der Waals surface area contributed by atoms with Gasteiger partial charge in [0, 0.05) is 11.9 Å². The molecule has 3 rings (SSSR count). The van der Waals surface area contributed by atoms with Crippen molar-refractivity contribution in [2.45, 2.75) is 26.3 Å². The van der Waals surface area contributed by atoms with E-state index in [2.05, 4.69) is 16.0 Å². The Morgan fingerprint density at radius 1 is 1.22 bits per heavy atom. The molecular weight excluding hydrogens is 372 g/mol. The van der Waals surface area contributed by atoms with Crippen molar-refractivity contribution in [3.05, 3.63) is 40.3 Å². The van der Waals surface area contributed by atoms with Crippen molar-refractivity contribution in [1.29, 1.82) is 0 Å². The van der Waals surface area contributed by atoms with E-state index in [0.717, 1.165) is 0 Å². The van der Waals surface area contributed by atoms with E-state index >= 15 is 0 Å². The van der Waals surface area contributed by atoms with Crippen LogP contribution in [0.25, 0.3) is 10.8 Å². The lowest BCUT2D eigenvalue weighted by Gasteiger charge is -2.13. The second kappa shape index (κ2) is 7.47. The average molecular weight is 392 g/mol. The number of amides is 2. The van der Waals surface area contributed by atoms with Gasteiger partial charge in [-0.1, -0.05) is 25.1 Å². The molecule has 2 amide bonds. The first-order valence-electron chi connectivity index (χ1n) is 8.63. The van der Waals surface area contributed by atoms with Gasteiger partial charge in [-0.3, -0.25) is 25.2 Å². The van der Waals surface area contributed by atoms with E-state index in [4.69, 9.17) is 0 Å². The van der Waals surface area contributed by atoms with Crippen LogP contribution in [0.15, 0.2) is 29.1 Å². The number of nitrogens with one attached hydrogen (secondary N) is 2. The topological polar surface area (TPSA) is 127 Å². The van der Waals surface area contributed by atoms with Crippen LogP contribution in [0.1, 0.15) is 30.3 Å². The Morgan fingerprint density at radius 2 is 1.93 bits per heavy atom. The Kier molecular flexibility index (Phi) is 5.26.